The van der Waals surface area contributed by atoms with E-state index in [9.17, 15) is 14.4 Å². The summed E-state index contributed by atoms with van der Waals surface area (Å²) in [6.45, 7) is 1.44. The summed E-state index contributed by atoms with van der Waals surface area (Å²) in [4.78, 5) is 37.3. The van der Waals surface area contributed by atoms with Crippen LogP contribution in [0.3, 0.4) is 0 Å². The number of benzene rings is 1. The highest BCUT2D eigenvalue weighted by Gasteiger charge is 2.11. The Labute approximate surface area is 127 Å². The van der Waals surface area contributed by atoms with Crippen LogP contribution in [0.25, 0.3) is 0 Å². The molecule has 0 fully saturated rings. The summed E-state index contributed by atoms with van der Waals surface area (Å²) in [5.74, 6) is -0.500. The van der Waals surface area contributed by atoms with Crippen molar-refractivity contribution in [3.05, 3.63) is 53.3 Å². The van der Waals surface area contributed by atoms with Crippen LogP contribution in [0.15, 0.2) is 36.5 Å². The Morgan fingerprint density at radius 3 is 2.36 bits per heavy atom. The predicted molar refractivity (Wildman–Crippen MR) is 83.0 cm³/mol. The molecular formula is C16H17N3O3. The van der Waals surface area contributed by atoms with Crippen molar-refractivity contribution in [1.29, 1.82) is 0 Å². The minimum atomic E-state index is -0.327. The van der Waals surface area contributed by atoms with E-state index in [4.69, 9.17) is 0 Å². The maximum Gasteiger partial charge on any atom is 0.272 e. The maximum atomic E-state index is 12.0. The Morgan fingerprint density at radius 2 is 1.82 bits per heavy atom. The molecule has 6 heteroatoms. The van der Waals surface area contributed by atoms with E-state index in [1.54, 1.807) is 31.3 Å². The van der Waals surface area contributed by atoms with Gasteiger partial charge < -0.3 is 15.6 Å². The molecular weight excluding hydrogens is 282 g/mol. The first kappa shape index (κ1) is 15.5. The van der Waals surface area contributed by atoms with E-state index < -0.39 is 0 Å². The number of amides is 2. The van der Waals surface area contributed by atoms with E-state index >= 15 is 0 Å². The molecule has 114 valence electrons. The van der Waals surface area contributed by atoms with Crippen molar-refractivity contribution in [2.24, 2.45) is 0 Å². The van der Waals surface area contributed by atoms with Gasteiger partial charge in [0.25, 0.3) is 5.91 Å². The molecule has 0 saturated carbocycles. The average molecular weight is 299 g/mol. The Bertz CT molecular complexity index is 702. The van der Waals surface area contributed by atoms with Crippen molar-refractivity contribution < 1.29 is 14.4 Å². The Hall–Kier alpha value is -2.89. The predicted octanol–water partition coefficient (Wildman–Crippen LogP) is 1.76. The van der Waals surface area contributed by atoms with Gasteiger partial charge in [-0.25, -0.2) is 0 Å². The van der Waals surface area contributed by atoms with E-state index in [-0.39, 0.29) is 17.6 Å². The van der Waals surface area contributed by atoms with Crippen molar-refractivity contribution in [2.75, 3.05) is 12.4 Å². The second-order valence-corrected chi connectivity index (χ2v) is 4.86. The number of ketones is 1. The Morgan fingerprint density at radius 1 is 1.14 bits per heavy atom. The monoisotopic (exact) mass is 299 g/mol. The highest BCUT2D eigenvalue weighted by atomic mass is 16.2. The van der Waals surface area contributed by atoms with Crippen LogP contribution in [0, 0.1) is 0 Å². The molecule has 0 radical (unpaired) electrons. The number of Topliss-reactive ketones (excluding diaryl/α,β-unsaturated/α-hetero) is 1. The molecule has 0 aliphatic heterocycles. The number of anilines is 1. The second kappa shape index (κ2) is 6.71. The third-order valence-electron chi connectivity index (χ3n) is 3.19. The lowest BCUT2D eigenvalue weighted by molar-refractivity contribution is -0.119. The van der Waals surface area contributed by atoms with Crippen LogP contribution < -0.4 is 10.6 Å². The van der Waals surface area contributed by atoms with Gasteiger partial charge in [-0.05, 0) is 30.7 Å². The minimum absolute atomic E-state index is 0.0695. The van der Waals surface area contributed by atoms with E-state index in [0.29, 0.717) is 23.4 Å². The molecule has 0 aliphatic carbocycles. The molecule has 0 bridgehead atoms. The molecule has 3 N–H and O–H groups in total. The quantitative estimate of drug-likeness (QED) is 0.735. The van der Waals surface area contributed by atoms with Crippen LogP contribution in [-0.4, -0.2) is 29.6 Å². The first-order chi connectivity index (χ1) is 10.5. The van der Waals surface area contributed by atoms with Gasteiger partial charge in [0, 0.05) is 24.5 Å². The number of carbonyl (C=O) groups excluding carboxylic acids is 3. The third kappa shape index (κ3) is 3.82. The van der Waals surface area contributed by atoms with Crippen molar-refractivity contribution in [3.8, 4) is 0 Å². The van der Waals surface area contributed by atoms with Crippen LogP contribution in [0.5, 0.6) is 0 Å². The van der Waals surface area contributed by atoms with Gasteiger partial charge in [-0.1, -0.05) is 12.1 Å². The van der Waals surface area contributed by atoms with Crippen LogP contribution in [0.4, 0.5) is 5.69 Å². The van der Waals surface area contributed by atoms with E-state index in [2.05, 4.69) is 15.6 Å². The smallest absolute Gasteiger partial charge is 0.272 e. The summed E-state index contributed by atoms with van der Waals surface area (Å²) >= 11 is 0. The highest BCUT2D eigenvalue weighted by molar-refractivity contribution is 6.05. The highest BCUT2D eigenvalue weighted by Crippen LogP contribution is 2.12. The van der Waals surface area contributed by atoms with Crippen molar-refractivity contribution in [3.63, 3.8) is 0 Å². The van der Waals surface area contributed by atoms with Gasteiger partial charge in [-0.2, -0.15) is 0 Å². The molecule has 0 atom stereocenters. The standard InChI is InChI=1S/C16H17N3O3/c1-10(20)12-8-14(18-9-12)16(22)19-13-5-3-11(4-6-13)7-15(21)17-2/h3-6,8-9,18H,7H2,1-2H3,(H,17,21)(H,19,22). The molecule has 22 heavy (non-hydrogen) atoms. The molecule has 2 aromatic rings. The topological polar surface area (TPSA) is 91.1 Å². The van der Waals surface area contributed by atoms with Gasteiger partial charge in [-0.15, -0.1) is 0 Å². The van der Waals surface area contributed by atoms with Crippen LogP contribution in [0.1, 0.15) is 33.3 Å². The number of rotatable bonds is 5. The lowest BCUT2D eigenvalue weighted by atomic mass is 10.1. The zero-order valence-electron chi connectivity index (χ0n) is 12.4. The molecule has 2 amide bonds. The van der Waals surface area contributed by atoms with Crippen LogP contribution in [0.2, 0.25) is 0 Å². The second-order valence-electron chi connectivity index (χ2n) is 4.86. The van der Waals surface area contributed by atoms with Gasteiger partial charge in [0.15, 0.2) is 5.78 Å². The molecule has 0 spiro atoms. The average Bonchev–Trinajstić information content (AvgIpc) is 2.99. The van der Waals surface area contributed by atoms with E-state index in [1.807, 2.05) is 0 Å². The minimum Gasteiger partial charge on any atom is -0.359 e. The summed E-state index contributed by atoms with van der Waals surface area (Å²) < 4.78 is 0. The SMILES string of the molecule is CNC(=O)Cc1ccc(NC(=O)c2cc(C(C)=O)c[nH]2)cc1. The fourth-order valence-corrected chi connectivity index (χ4v) is 1.91. The number of likely N-dealkylation sites (N-methyl/N-ethyl adjacent to an activating group) is 1. The molecule has 0 unspecified atom stereocenters. The van der Waals surface area contributed by atoms with Gasteiger partial charge in [0.05, 0.1) is 6.42 Å². The number of aromatic amines is 1. The maximum absolute atomic E-state index is 12.0. The number of H-pyrrole nitrogens is 1. The first-order valence-corrected chi connectivity index (χ1v) is 6.80. The molecule has 6 nitrogen and oxygen atoms in total. The normalized spacial score (nSPS) is 10.1. The zero-order chi connectivity index (χ0) is 16.1. The molecule has 1 aromatic carbocycles. The van der Waals surface area contributed by atoms with E-state index in [1.165, 1.54) is 19.2 Å². The zero-order valence-corrected chi connectivity index (χ0v) is 12.4. The van der Waals surface area contributed by atoms with Gasteiger partial charge in [0.2, 0.25) is 5.91 Å². The largest absolute Gasteiger partial charge is 0.359 e. The number of hydrogen-bond donors (Lipinski definition) is 3. The fourth-order valence-electron chi connectivity index (χ4n) is 1.91. The Balaban J connectivity index is 2.02. The summed E-state index contributed by atoms with van der Waals surface area (Å²) in [5, 5.41) is 5.28. The molecule has 2 rings (SSSR count). The van der Waals surface area contributed by atoms with Crippen molar-refractivity contribution in [2.45, 2.75) is 13.3 Å². The summed E-state index contributed by atoms with van der Waals surface area (Å²) in [5.41, 5.74) is 2.26. The van der Waals surface area contributed by atoms with Gasteiger partial charge in [-0.3, -0.25) is 14.4 Å². The molecule has 0 saturated heterocycles. The Kier molecular flexibility index (Phi) is 4.73. The fraction of sp³-hybridized carbons (Fsp3) is 0.188. The van der Waals surface area contributed by atoms with Crippen LogP contribution in [-0.2, 0) is 11.2 Å². The van der Waals surface area contributed by atoms with Gasteiger partial charge >= 0.3 is 0 Å². The first-order valence-electron chi connectivity index (χ1n) is 6.80. The molecule has 1 heterocycles. The lowest BCUT2D eigenvalue weighted by Crippen LogP contribution is -2.19. The number of hydrogen-bond acceptors (Lipinski definition) is 3. The van der Waals surface area contributed by atoms with Crippen molar-refractivity contribution >= 4 is 23.3 Å². The number of carbonyl (C=O) groups is 3. The third-order valence-corrected chi connectivity index (χ3v) is 3.19. The molecule has 0 aliphatic rings. The summed E-state index contributed by atoms with van der Waals surface area (Å²) in [6, 6.07) is 8.52. The van der Waals surface area contributed by atoms with E-state index in [0.717, 1.165) is 5.56 Å². The number of aromatic nitrogens is 1. The molecule has 1 aromatic heterocycles. The van der Waals surface area contributed by atoms with Crippen LogP contribution >= 0.6 is 0 Å². The van der Waals surface area contributed by atoms with Crippen molar-refractivity contribution in [1.82, 2.24) is 10.3 Å². The lowest BCUT2D eigenvalue weighted by Gasteiger charge is -2.05. The summed E-state index contributed by atoms with van der Waals surface area (Å²) in [6.07, 6.45) is 1.80. The van der Waals surface area contributed by atoms with Gasteiger partial charge in [0.1, 0.15) is 5.69 Å². The number of nitrogens with one attached hydrogen (secondary N) is 3. The summed E-state index contributed by atoms with van der Waals surface area (Å²) in [7, 11) is 1.59.